The first-order valence-electron chi connectivity index (χ1n) is 8.40. The van der Waals surface area contributed by atoms with E-state index >= 15 is 0 Å². The second-order valence-electron chi connectivity index (χ2n) is 6.16. The van der Waals surface area contributed by atoms with Crippen LogP contribution in [0.1, 0.15) is 22.2 Å². The average Bonchev–Trinajstić information content (AvgIpc) is 3.23. The maximum absolute atomic E-state index is 14.6. The lowest BCUT2D eigenvalue weighted by Gasteiger charge is -2.22. The highest BCUT2D eigenvalue weighted by Crippen LogP contribution is 2.43. The second-order valence-corrected chi connectivity index (χ2v) is 7.32. The van der Waals surface area contributed by atoms with Crippen LogP contribution in [-0.4, -0.2) is 27.0 Å². The molecule has 0 saturated carbocycles. The van der Waals surface area contributed by atoms with E-state index in [9.17, 15) is 19.1 Å². The van der Waals surface area contributed by atoms with Crippen LogP contribution in [0.25, 0.3) is 5.76 Å². The number of hydrogen-bond acceptors (Lipinski definition) is 6. The molecule has 4 rings (SSSR count). The molecule has 2 aromatic carbocycles. The minimum absolute atomic E-state index is 0.0898. The minimum Gasteiger partial charge on any atom is -0.507 e. The summed E-state index contributed by atoms with van der Waals surface area (Å²) in [4.78, 5) is 26.7. The Morgan fingerprint density at radius 1 is 1.07 bits per heavy atom. The van der Waals surface area contributed by atoms with Gasteiger partial charge in [0.05, 0.1) is 5.57 Å². The lowest BCUT2D eigenvalue weighted by atomic mass is 9.95. The van der Waals surface area contributed by atoms with Crippen molar-refractivity contribution in [1.82, 2.24) is 10.2 Å². The van der Waals surface area contributed by atoms with Crippen LogP contribution in [0.4, 0.5) is 9.52 Å². The number of nitrogens with zero attached hydrogens (tertiary/aromatic N) is 3. The molecule has 3 aromatic rings. The van der Waals surface area contributed by atoms with Crippen molar-refractivity contribution in [2.45, 2.75) is 13.0 Å². The Balaban J connectivity index is 1.98. The van der Waals surface area contributed by atoms with Crippen LogP contribution in [0.3, 0.4) is 0 Å². The summed E-state index contributed by atoms with van der Waals surface area (Å²) in [6, 6.07) is 13.0. The van der Waals surface area contributed by atoms with Gasteiger partial charge in [0.15, 0.2) is 0 Å². The molecule has 1 amide bonds. The number of aliphatic hydroxyl groups excluding tert-OH is 1. The molecule has 0 aliphatic carbocycles. The van der Waals surface area contributed by atoms with Crippen LogP contribution in [0, 0.1) is 12.7 Å². The first-order chi connectivity index (χ1) is 13.5. The first kappa shape index (κ1) is 18.0. The number of ketones is 1. The van der Waals surface area contributed by atoms with Crippen molar-refractivity contribution in [1.29, 1.82) is 0 Å². The molecular weight excluding hydrogens is 381 g/mol. The van der Waals surface area contributed by atoms with Crippen LogP contribution >= 0.6 is 11.3 Å². The highest BCUT2D eigenvalue weighted by Gasteiger charge is 2.49. The molecule has 8 heteroatoms. The van der Waals surface area contributed by atoms with Gasteiger partial charge in [-0.25, -0.2) is 4.39 Å². The van der Waals surface area contributed by atoms with Crippen LogP contribution < -0.4 is 4.90 Å². The van der Waals surface area contributed by atoms with E-state index in [0.717, 1.165) is 16.2 Å². The van der Waals surface area contributed by atoms with E-state index in [1.165, 1.54) is 18.2 Å². The molecule has 1 aliphatic rings. The van der Waals surface area contributed by atoms with Gasteiger partial charge >= 0.3 is 5.91 Å². The lowest BCUT2D eigenvalue weighted by molar-refractivity contribution is -0.132. The largest absolute Gasteiger partial charge is 0.507 e. The van der Waals surface area contributed by atoms with Gasteiger partial charge in [-0.3, -0.25) is 14.5 Å². The highest BCUT2D eigenvalue weighted by molar-refractivity contribution is 7.15. The molecule has 1 atom stereocenters. The third kappa shape index (κ3) is 2.87. The van der Waals surface area contributed by atoms with Gasteiger partial charge in [-0.1, -0.05) is 59.9 Å². The number of aryl methyl sites for hydroxylation is 1. The number of amides is 1. The maximum Gasteiger partial charge on any atom is 0.301 e. The van der Waals surface area contributed by atoms with Gasteiger partial charge in [-0.05, 0) is 13.0 Å². The standard InChI is InChI=1S/C20H14FN3O3S/c1-11-22-23-20(28-11)24-16(13-9-5-6-10-14(13)21)15(18(26)19(24)27)17(25)12-7-3-2-4-8-12/h2-10,16,25H,1H3. The van der Waals surface area contributed by atoms with Crippen molar-refractivity contribution in [3.63, 3.8) is 0 Å². The number of benzene rings is 2. The predicted molar refractivity (Wildman–Crippen MR) is 102 cm³/mol. The second kappa shape index (κ2) is 6.97. The molecule has 1 aromatic heterocycles. The topological polar surface area (TPSA) is 83.4 Å². The van der Waals surface area contributed by atoms with E-state index in [2.05, 4.69) is 10.2 Å². The molecule has 0 bridgehead atoms. The minimum atomic E-state index is -1.14. The van der Waals surface area contributed by atoms with Crippen molar-refractivity contribution in [3.05, 3.63) is 82.1 Å². The molecular formula is C20H14FN3O3S. The predicted octanol–water partition coefficient (Wildman–Crippen LogP) is 3.61. The molecule has 1 unspecified atom stereocenters. The molecule has 28 heavy (non-hydrogen) atoms. The Morgan fingerprint density at radius 2 is 1.75 bits per heavy atom. The Kier molecular flexibility index (Phi) is 4.48. The third-order valence-corrected chi connectivity index (χ3v) is 5.25. The summed E-state index contributed by atoms with van der Waals surface area (Å²) in [7, 11) is 0. The van der Waals surface area contributed by atoms with Crippen LogP contribution in [-0.2, 0) is 9.59 Å². The quantitative estimate of drug-likeness (QED) is 0.416. The van der Waals surface area contributed by atoms with Crippen molar-refractivity contribution >= 4 is 33.9 Å². The van der Waals surface area contributed by atoms with Crippen molar-refractivity contribution < 1.29 is 19.1 Å². The highest BCUT2D eigenvalue weighted by atomic mass is 32.1. The zero-order valence-corrected chi connectivity index (χ0v) is 15.5. The Hall–Kier alpha value is -3.39. The number of Topliss-reactive ketones (excluding diaryl/α,β-unsaturated/α-hetero) is 1. The smallest absolute Gasteiger partial charge is 0.301 e. The summed E-state index contributed by atoms with van der Waals surface area (Å²) in [5, 5.41) is 19.4. The number of aromatic nitrogens is 2. The third-order valence-electron chi connectivity index (χ3n) is 4.41. The Labute approximate surface area is 163 Å². The summed E-state index contributed by atoms with van der Waals surface area (Å²) in [5.41, 5.74) is 0.261. The van der Waals surface area contributed by atoms with Gasteiger partial charge in [0.2, 0.25) is 5.13 Å². The van der Waals surface area contributed by atoms with Gasteiger partial charge in [0.1, 0.15) is 22.6 Å². The van der Waals surface area contributed by atoms with E-state index in [0.29, 0.717) is 10.6 Å². The van der Waals surface area contributed by atoms with Crippen molar-refractivity contribution in [2.75, 3.05) is 4.90 Å². The fraction of sp³-hybridized carbons (Fsp3) is 0.100. The van der Waals surface area contributed by atoms with Crippen LogP contribution in [0.2, 0.25) is 0 Å². The Bertz CT molecular complexity index is 1110. The average molecular weight is 395 g/mol. The van der Waals surface area contributed by atoms with E-state index in [1.807, 2.05) is 0 Å². The van der Waals surface area contributed by atoms with Gasteiger partial charge < -0.3 is 5.11 Å². The molecule has 6 nitrogen and oxygen atoms in total. The Morgan fingerprint density at radius 3 is 2.39 bits per heavy atom. The van der Waals surface area contributed by atoms with Crippen LogP contribution in [0.5, 0.6) is 0 Å². The van der Waals surface area contributed by atoms with Gasteiger partial charge in [0, 0.05) is 11.1 Å². The number of carbonyl (C=O) groups excluding carboxylic acids is 2. The number of rotatable bonds is 3. The summed E-state index contributed by atoms with van der Waals surface area (Å²) in [6.07, 6.45) is 0. The molecule has 140 valence electrons. The molecule has 1 N–H and O–H groups in total. The fourth-order valence-corrected chi connectivity index (χ4v) is 3.87. The fourth-order valence-electron chi connectivity index (χ4n) is 3.16. The molecule has 1 fully saturated rings. The molecule has 0 radical (unpaired) electrons. The van der Waals surface area contributed by atoms with Gasteiger partial charge in [-0.15, -0.1) is 10.2 Å². The first-order valence-corrected chi connectivity index (χ1v) is 9.21. The number of aliphatic hydroxyl groups is 1. The number of anilines is 1. The SMILES string of the molecule is Cc1nnc(N2C(=O)C(=O)C(=C(O)c3ccccc3)C2c2ccccc2F)s1. The number of hydrogen-bond donors (Lipinski definition) is 1. The lowest BCUT2D eigenvalue weighted by Crippen LogP contribution is -2.29. The number of halogens is 1. The summed E-state index contributed by atoms with van der Waals surface area (Å²) < 4.78 is 14.6. The van der Waals surface area contributed by atoms with Gasteiger partial charge in [0.25, 0.3) is 5.78 Å². The maximum atomic E-state index is 14.6. The normalized spacial score (nSPS) is 18.6. The van der Waals surface area contributed by atoms with E-state index in [1.54, 1.807) is 43.3 Å². The van der Waals surface area contributed by atoms with Gasteiger partial charge in [-0.2, -0.15) is 0 Å². The van der Waals surface area contributed by atoms with E-state index in [4.69, 9.17) is 0 Å². The van der Waals surface area contributed by atoms with Crippen LogP contribution in [0.15, 0.2) is 60.2 Å². The zero-order chi connectivity index (χ0) is 19.8. The molecule has 2 heterocycles. The summed E-state index contributed by atoms with van der Waals surface area (Å²) in [5.74, 6) is -2.75. The number of carbonyl (C=O) groups is 2. The van der Waals surface area contributed by atoms with Crippen molar-refractivity contribution in [3.8, 4) is 0 Å². The molecule has 1 saturated heterocycles. The van der Waals surface area contributed by atoms with E-state index < -0.39 is 23.5 Å². The summed E-state index contributed by atoms with van der Waals surface area (Å²) in [6.45, 7) is 1.71. The molecule has 0 spiro atoms. The van der Waals surface area contributed by atoms with Crippen molar-refractivity contribution in [2.24, 2.45) is 0 Å². The summed E-state index contributed by atoms with van der Waals surface area (Å²) >= 11 is 1.11. The zero-order valence-electron chi connectivity index (χ0n) is 14.7. The monoisotopic (exact) mass is 395 g/mol. The van der Waals surface area contributed by atoms with E-state index in [-0.39, 0.29) is 22.0 Å². The molecule has 1 aliphatic heterocycles.